The number of hydrogen-bond acceptors (Lipinski definition) is 7. The number of hydrogen-bond donors (Lipinski definition) is 5. The van der Waals surface area contributed by atoms with Crippen LogP contribution < -0.4 is 21.7 Å². The van der Waals surface area contributed by atoms with Crippen LogP contribution in [0.25, 0.3) is 0 Å². The molecule has 0 bridgehead atoms. The maximum absolute atomic E-state index is 12.6. The number of esters is 1. The second-order valence-electron chi connectivity index (χ2n) is 6.46. The smallest absolute Gasteiger partial charge is 0.338 e. The molecule has 1 unspecified atom stereocenters. The molecule has 11 heteroatoms. The van der Waals surface area contributed by atoms with Gasteiger partial charge in [0, 0.05) is 36.1 Å². The number of nitrogen functional groups attached to an aromatic ring is 1. The summed E-state index contributed by atoms with van der Waals surface area (Å²) in [6.07, 6.45) is 2.23. The lowest BCUT2D eigenvalue weighted by Gasteiger charge is -2.18. The van der Waals surface area contributed by atoms with Crippen LogP contribution in [-0.4, -0.2) is 54.3 Å². The van der Waals surface area contributed by atoms with Crippen molar-refractivity contribution in [3.05, 3.63) is 59.9 Å². The summed E-state index contributed by atoms with van der Waals surface area (Å²) in [5, 5.41) is 15.4. The van der Waals surface area contributed by atoms with Crippen molar-refractivity contribution in [3.8, 4) is 0 Å². The summed E-state index contributed by atoms with van der Waals surface area (Å²) in [7, 11) is 0. The Hall–Kier alpha value is -3.66. The molecule has 0 aliphatic heterocycles. The largest absolute Gasteiger partial charge is 0.464 e. The summed E-state index contributed by atoms with van der Waals surface area (Å²) in [5.41, 5.74) is 7.15. The van der Waals surface area contributed by atoms with E-state index in [0.29, 0.717) is 24.2 Å². The SMILES string of the molecule is CCOC(=O)C(Nc1cccc(C(=N)N)c1)C(=O)NCC(=O)NCCc1ccccn1.Cl. The van der Waals surface area contributed by atoms with Crippen molar-refractivity contribution in [2.75, 3.05) is 25.0 Å². The molecule has 0 aliphatic rings. The number of anilines is 1. The van der Waals surface area contributed by atoms with Crippen LogP contribution >= 0.6 is 12.4 Å². The monoisotopic (exact) mass is 462 g/mol. The summed E-state index contributed by atoms with van der Waals surface area (Å²) in [4.78, 5) is 41.0. The highest BCUT2D eigenvalue weighted by Crippen LogP contribution is 2.12. The fraction of sp³-hybridized carbons (Fsp3) is 0.286. The average molecular weight is 463 g/mol. The zero-order valence-electron chi connectivity index (χ0n) is 17.6. The molecular formula is C21H27ClN6O4. The standard InChI is InChI=1S/C21H26N6O4.ClH/c1-2-31-21(30)18(27-16-8-5-6-14(12-16)19(22)23)20(29)26-13-17(28)25-11-9-15-7-3-4-10-24-15;/h3-8,10,12,18,27H,2,9,11,13H2,1H3,(H3,22,23)(H,25,28)(H,26,29);1H. The van der Waals surface area contributed by atoms with E-state index in [0.717, 1.165) is 5.69 Å². The molecule has 0 fully saturated rings. The van der Waals surface area contributed by atoms with Crippen LogP contribution in [0.15, 0.2) is 48.7 Å². The van der Waals surface area contributed by atoms with Crippen molar-refractivity contribution < 1.29 is 19.1 Å². The van der Waals surface area contributed by atoms with Crippen molar-refractivity contribution >= 4 is 41.7 Å². The second-order valence-corrected chi connectivity index (χ2v) is 6.46. The molecule has 2 rings (SSSR count). The number of carbonyl (C=O) groups is 3. The minimum absolute atomic E-state index is 0. The van der Waals surface area contributed by atoms with Gasteiger partial charge in [0.2, 0.25) is 11.9 Å². The highest BCUT2D eigenvalue weighted by atomic mass is 35.5. The molecule has 6 N–H and O–H groups in total. The van der Waals surface area contributed by atoms with Crippen LogP contribution in [0.4, 0.5) is 5.69 Å². The predicted molar refractivity (Wildman–Crippen MR) is 123 cm³/mol. The van der Waals surface area contributed by atoms with E-state index in [1.54, 1.807) is 31.3 Å². The van der Waals surface area contributed by atoms with E-state index >= 15 is 0 Å². The molecule has 1 aromatic heterocycles. The number of ether oxygens (including phenoxy) is 1. The highest BCUT2D eigenvalue weighted by Gasteiger charge is 2.28. The Bertz CT molecular complexity index is 926. The third-order valence-corrected chi connectivity index (χ3v) is 4.12. The lowest BCUT2D eigenvalue weighted by molar-refractivity contribution is -0.147. The molecule has 0 saturated carbocycles. The number of nitrogens with zero attached hydrogens (tertiary/aromatic N) is 1. The highest BCUT2D eigenvalue weighted by molar-refractivity contribution is 6.05. The first kappa shape index (κ1) is 26.4. The predicted octanol–water partition coefficient (Wildman–Crippen LogP) is 0.606. The number of halogens is 1. The number of pyridine rings is 1. The number of nitrogens with one attached hydrogen (secondary N) is 4. The van der Waals surface area contributed by atoms with E-state index in [4.69, 9.17) is 15.9 Å². The molecule has 2 aromatic rings. The van der Waals surface area contributed by atoms with Crippen molar-refractivity contribution in [2.45, 2.75) is 19.4 Å². The maximum Gasteiger partial charge on any atom is 0.338 e. The third-order valence-electron chi connectivity index (χ3n) is 4.12. The molecular weight excluding hydrogens is 436 g/mol. The molecule has 1 heterocycles. The number of benzene rings is 1. The number of nitrogens with two attached hydrogens (primary N) is 1. The second kappa shape index (κ2) is 13.6. The van der Waals surface area contributed by atoms with Gasteiger partial charge in [-0.15, -0.1) is 12.4 Å². The average Bonchev–Trinajstić information content (AvgIpc) is 2.77. The van der Waals surface area contributed by atoms with Gasteiger partial charge in [0.05, 0.1) is 13.2 Å². The van der Waals surface area contributed by atoms with E-state index in [2.05, 4.69) is 20.9 Å². The maximum atomic E-state index is 12.6. The summed E-state index contributed by atoms with van der Waals surface area (Å²) in [6.45, 7) is 1.78. The molecule has 172 valence electrons. The van der Waals surface area contributed by atoms with Gasteiger partial charge in [-0.2, -0.15) is 0 Å². The van der Waals surface area contributed by atoms with E-state index < -0.39 is 23.8 Å². The molecule has 32 heavy (non-hydrogen) atoms. The van der Waals surface area contributed by atoms with Crippen molar-refractivity contribution in [3.63, 3.8) is 0 Å². The first-order valence-electron chi connectivity index (χ1n) is 9.72. The quantitative estimate of drug-likeness (QED) is 0.141. The summed E-state index contributed by atoms with van der Waals surface area (Å²) >= 11 is 0. The fourth-order valence-corrected chi connectivity index (χ4v) is 2.61. The lowest BCUT2D eigenvalue weighted by atomic mass is 10.1. The van der Waals surface area contributed by atoms with Crippen LogP contribution in [0.1, 0.15) is 18.2 Å². The van der Waals surface area contributed by atoms with Gasteiger partial charge in [-0.05, 0) is 31.2 Å². The van der Waals surface area contributed by atoms with E-state index in [1.165, 1.54) is 6.07 Å². The van der Waals surface area contributed by atoms with Gasteiger partial charge in [0.25, 0.3) is 5.91 Å². The molecule has 1 atom stereocenters. The molecule has 2 amide bonds. The molecule has 10 nitrogen and oxygen atoms in total. The Labute approximate surface area is 192 Å². The number of amidine groups is 1. The first-order valence-corrected chi connectivity index (χ1v) is 9.72. The van der Waals surface area contributed by atoms with E-state index in [-0.39, 0.29) is 31.4 Å². The number of carbonyl (C=O) groups excluding carboxylic acids is 3. The number of rotatable bonds is 11. The Balaban J connectivity index is 0.00000512. The minimum Gasteiger partial charge on any atom is -0.464 e. The van der Waals surface area contributed by atoms with Gasteiger partial charge in [0.1, 0.15) is 5.84 Å². The Morgan fingerprint density at radius 3 is 2.59 bits per heavy atom. The summed E-state index contributed by atoms with van der Waals surface area (Å²) in [6, 6.07) is 10.6. The minimum atomic E-state index is -1.37. The Kier molecular flexibility index (Phi) is 11.2. The zero-order valence-corrected chi connectivity index (χ0v) is 18.4. The molecule has 1 aromatic carbocycles. The van der Waals surface area contributed by atoms with E-state index in [9.17, 15) is 14.4 Å². The van der Waals surface area contributed by atoms with E-state index in [1.807, 2.05) is 18.2 Å². The zero-order chi connectivity index (χ0) is 22.6. The Morgan fingerprint density at radius 2 is 1.94 bits per heavy atom. The molecule has 0 saturated heterocycles. The van der Waals surface area contributed by atoms with Crippen molar-refractivity contribution in [2.24, 2.45) is 5.73 Å². The van der Waals surface area contributed by atoms with Crippen LogP contribution in [0.2, 0.25) is 0 Å². The van der Waals surface area contributed by atoms with Gasteiger partial charge in [-0.3, -0.25) is 20.0 Å². The van der Waals surface area contributed by atoms with Crippen molar-refractivity contribution in [1.82, 2.24) is 15.6 Å². The molecule has 0 radical (unpaired) electrons. The Morgan fingerprint density at radius 1 is 1.16 bits per heavy atom. The fourth-order valence-electron chi connectivity index (χ4n) is 2.61. The van der Waals surface area contributed by atoms with Gasteiger partial charge >= 0.3 is 5.97 Å². The van der Waals surface area contributed by atoms with Gasteiger partial charge < -0.3 is 26.4 Å². The van der Waals surface area contributed by atoms with Gasteiger partial charge in [0.15, 0.2) is 0 Å². The van der Waals surface area contributed by atoms with Gasteiger partial charge in [-0.1, -0.05) is 18.2 Å². The normalized spacial score (nSPS) is 10.8. The van der Waals surface area contributed by atoms with Crippen LogP contribution in [0.3, 0.4) is 0 Å². The van der Waals surface area contributed by atoms with Gasteiger partial charge in [-0.25, -0.2) is 4.79 Å². The molecule has 0 aliphatic carbocycles. The van der Waals surface area contributed by atoms with Crippen molar-refractivity contribution in [1.29, 1.82) is 5.41 Å². The summed E-state index contributed by atoms with van der Waals surface area (Å²) in [5.74, 6) is -2.05. The summed E-state index contributed by atoms with van der Waals surface area (Å²) < 4.78 is 4.96. The molecule has 0 spiro atoms. The number of aromatic nitrogens is 1. The topological polar surface area (TPSA) is 159 Å². The number of amides is 2. The third kappa shape index (κ3) is 8.60. The van der Waals surface area contributed by atoms with Crippen LogP contribution in [0, 0.1) is 5.41 Å². The van der Waals surface area contributed by atoms with Crippen LogP contribution in [-0.2, 0) is 25.5 Å². The lowest BCUT2D eigenvalue weighted by Crippen LogP contribution is -2.48. The van der Waals surface area contributed by atoms with Crippen LogP contribution in [0.5, 0.6) is 0 Å². The first-order chi connectivity index (χ1) is 14.9.